The molecule has 122 valence electrons. The molecule has 3 atom stereocenters. The Morgan fingerprint density at radius 1 is 1.13 bits per heavy atom. The van der Waals surface area contributed by atoms with Crippen molar-refractivity contribution in [3.05, 3.63) is 42.5 Å². The SMILES string of the molecule is O=C(O)CN(CC(=O)NC[C@@H]1C[C@H]2C=C[C@@H]1C2)c1ccccc1. The highest BCUT2D eigenvalue weighted by Crippen LogP contribution is 2.42. The van der Waals surface area contributed by atoms with Crippen LogP contribution in [0, 0.1) is 17.8 Å². The van der Waals surface area contributed by atoms with Crippen LogP contribution in [0.3, 0.4) is 0 Å². The molecular formula is C18H22N2O3. The van der Waals surface area contributed by atoms with E-state index in [1.807, 2.05) is 30.3 Å². The zero-order chi connectivity index (χ0) is 16.2. The van der Waals surface area contributed by atoms with Crippen LogP contribution in [0.5, 0.6) is 0 Å². The Hall–Kier alpha value is -2.30. The van der Waals surface area contributed by atoms with E-state index in [0.29, 0.717) is 24.3 Å². The van der Waals surface area contributed by atoms with Crippen molar-refractivity contribution in [3.63, 3.8) is 0 Å². The summed E-state index contributed by atoms with van der Waals surface area (Å²) in [6, 6.07) is 9.17. The van der Waals surface area contributed by atoms with Gasteiger partial charge in [0.2, 0.25) is 5.91 Å². The lowest BCUT2D eigenvalue weighted by atomic mass is 9.94. The number of allylic oxidation sites excluding steroid dienone is 2. The number of carboxylic acids is 1. The van der Waals surface area contributed by atoms with Gasteiger partial charge in [-0.05, 0) is 42.7 Å². The number of carbonyl (C=O) groups excluding carboxylic acids is 1. The minimum Gasteiger partial charge on any atom is -0.480 e. The van der Waals surface area contributed by atoms with E-state index >= 15 is 0 Å². The zero-order valence-corrected chi connectivity index (χ0v) is 13.0. The monoisotopic (exact) mass is 314 g/mol. The molecule has 2 aliphatic rings. The Bertz CT molecular complexity index is 600. The van der Waals surface area contributed by atoms with Crippen LogP contribution < -0.4 is 10.2 Å². The highest BCUT2D eigenvalue weighted by Gasteiger charge is 2.35. The number of aliphatic carboxylic acids is 1. The van der Waals surface area contributed by atoms with Crippen LogP contribution in [0.15, 0.2) is 42.5 Å². The van der Waals surface area contributed by atoms with Gasteiger partial charge in [0.05, 0.1) is 6.54 Å². The predicted octanol–water partition coefficient (Wildman–Crippen LogP) is 1.91. The summed E-state index contributed by atoms with van der Waals surface area (Å²) in [6.07, 6.45) is 6.92. The quantitative estimate of drug-likeness (QED) is 0.754. The number of nitrogens with one attached hydrogen (secondary N) is 1. The first kappa shape index (κ1) is 15.6. The minimum atomic E-state index is -0.945. The third-order valence-corrected chi connectivity index (χ3v) is 4.76. The van der Waals surface area contributed by atoms with E-state index in [4.69, 9.17) is 5.11 Å². The molecule has 0 unspecified atom stereocenters. The van der Waals surface area contributed by atoms with Gasteiger partial charge in [-0.15, -0.1) is 0 Å². The number of carbonyl (C=O) groups is 2. The highest BCUT2D eigenvalue weighted by molar-refractivity contribution is 5.84. The lowest BCUT2D eigenvalue weighted by Crippen LogP contribution is -2.41. The van der Waals surface area contributed by atoms with Crippen LogP contribution in [0.1, 0.15) is 12.8 Å². The molecule has 0 saturated heterocycles. The summed E-state index contributed by atoms with van der Waals surface area (Å²) in [5, 5.41) is 12.0. The number of hydrogen-bond acceptors (Lipinski definition) is 3. The molecule has 23 heavy (non-hydrogen) atoms. The summed E-state index contributed by atoms with van der Waals surface area (Å²) in [5.74, 6) is 0.750. The van der Waals surface area contributed by atoms with Gasteiger partial charge in [0, 0.05) is 12.2 Å². The number of fused-ring (bicyclic) bond motifs is 2. The van der Waals surface area contributed by atoms with Crippen molar-refractivity contribution in [3.8, 4) is 0 Å². The molecule has 1 fully saturated rings. The first-order valence-electron chi connectivity index (χ1n) is 8.08. The van der Waals surface area contributed by atoms with Crippen LogP contribution in [0.4, 0.5) is 5.69 Å². The summed E-state index contributed by atoms with van der Waals surface area (Å²) in [4.78, 5) is 24.8. The van der Waals surface area contributed by atoms with Gasteiger partial charge in [-0.3, -0.25) is 9.59 Å². The van der Waals surface area contributed by atoms with Crippen LogP contribution in [-0.4, -0.2) is 36.6 Å². The molecule has 3 rings (SSSR count). The lowest BCUT2D eigenvalue weighted by Gasteiger charge is -2.23. The van der Waals surface area contributed by atoms with Crippen molar-refractivity contribution in [1.82, 2.24) is 5.32 Å². The van der Waals surface area contributed by atoms with Crippen LogP contribution in [-0.2, 0) is 9.59 Å². The number of carboxylic acid groups (broad SMARTS) is 1. The largest absolute Gasteiger partial charge is 0.480 e. The Morgan fingerprint density at radius 2 is 1.91 bits per heavy atom. The smallest absolute Gasteiger partial charge is 0.323 e. The average molecular weight is 314 g/mol. The van der Waals surface area contributed by atoms with E-state index in [0.717, 1.165) is 12.1 Å². The topological polar surface area (TPSA) is 69.6 Å². The standard InChI is InChI=1S/C18H22N2O3/c21-17(19-10-15-9-13-6-7-14(15)8-13)11-20(12-18(22)23)16-4-2-1-3-5-16/h1-7,13-15H,8-12H2,(H,19,21)(H,22,23)/t13-,14+,15-/m0/s1. The van der Waals surface area contributed by atoms with E-state index in [1.165, 1.54) is 6.42 Å². The molecule has 5 nitrogen and oxygen atoms in total. The average Bonchev–Trinajstić information content (AvgIpc) is 3.15. The summed E-state index contributed by atoms with van der Waals surface area (Å²) < 4.78 is 0. The number of hydrogen-bond donors (Lipinski definition) is 2. The Labute approximate surface area is 136 Å². The number of para-hydroxylation sites is 1. The van der Waals surface area contributed by atoms with Gasteiger partial charge in [0.1, 0.15) is 6.54 Å². The number of rotatable bonds is 7. The molecule has 5 heteroatoms. The summed E-state index contributed by atoms with van der Waals surface area (Å²) in [7, 11) is 0. The maximum absolute atomic E-state index is 12.2. The van der Waals surface area contributed by atoms with Crippen molar-refractivity contribution < 1.29 is 14.7 Å². The fraction of sp³-hybridized carbons (Fsp3) is 0.444. The van der Waals surface area contributed by atoms with Crippen molar-refractivity contribution >= 4 is 17.6 Å². The molecular weight excluding hydrogens is 292 g/mol. The molecule has 2 aliphatic carbocycles. The van der Waals surface area contributed by atoms with Crippen LogP contribution >= 0.6 is 0 Å². The fourth-order valence-electron chi connectivity index (χ4n) is 3.64. The Morgan fingerprint density at radius 3 is 2.52 bits per heavy atom. The summed E-state index contributed by atoms with van der Waals surface area (Å²) in [5.41, 5.74) is 0.743. The molecule has 1 amide bonds. The van der Waals surface area contributed by atoms with Crippen molar-refractivity contribution in [2.24, 2.45) is 17.8 Å². The maximum Gasteiger partial charge on any atom is 0.323 e. The molecule has 0 heterocycles. The molecule has 1 aromatic carbocycles. The fourth-order valence-corrected chi connectivity index (χ4v) is 3.64. The summed E-state index contributed by atoms with van der Waals surface area (Å²) in [6.45, 7) is 0.557. The molecule has 2 N–H and O–H groups in total. The van der Waals surface area contributed by atoms with E-state index in [9.17, 15) is 9.59 Å². The first-order valence-corrected chi connectivity index (χ1v) is 8.08. The van der Waals surface area contributed by atoms with E-state index in [1.54, 1.807) is 4.90 Å². The van der Waals surface area contributed by atoms with Crippen molar-refractivity contribution in [2.45, 2.75) is 12.8 Å². The Balaban J connectivity index is 1.53. The van der Waals surface area contributed by atoms with Crippen molar-refractivity contribution in [1.29, 1.82) is 0 Å². The van der Waals surface area contributed by atoms with E-state index < -0.39 is 5.97 Å². The van der Waals surface area contributed by atoms with Crippen molar-refractivity contribution in [2.75, 3.05) is 24.5 Å². The number of nitrogens with zero attached hydrogens (tertiary/aromatic N) is 1. The van der Waals surface area contributed by atoms with E-state index in [2.05, 4.69) is 17.5 Å². The minimum absolute atomic E-state index is 0.0625. The zero-order valence-electron chi connectivity index (χ0n) is 13.0. The second kappa shape index (κ2) is 6.86. The van der Waals surface area contributed by atoms with Gasteiger partial charge in [-0.25, -0.2) is 0 Å². The van der Waals surface area contributed by atoms with Gasteiger partial charge in [-0.2, -0.15) is 0 Å². The van der Waals surface area contributed by atoms with E-state index in [-0.39, 0.29) is 19.0 Å². The van der Waals surface area contributed by atoms with Gasteiger partial charge in [0.15, 0.2) is 0 Å². The third kappa shape index (κ3) is 3.92. The normalized spacial score (nSPS) is 24.6. The van der Waals surface area contributed by atoms with Crippen LogP contribution in [0.25, 0.3) is 0 Å². The Kier molecular flexibility index (Phi) is 4.65. The molecule has 0 spiro atoms. The predicted molar refractivity (Wildman–Crippen MR) is 88.1 cm³/mol. The number of benzene rings is 1. The van der Waals surface area contributed by atoms with Gasteiger partial charge >= 0.3 is 5.97 Å². The molecule has 2 bridgehead atoms. The second-order valence-corrected chi connectivity index (χ2v) is 6.43. The molecule has 1 aromatic rings. The molecule has 0 aliphatic heterocycles. The van der Waals surface area contributed by atoms with Gasteiger partial charge in [-0.1, -0.05) is 30.4 Å². The number of anilines is 1. The lowest BCUT2D eigenvalue weighted by molar-refractivity contribution is -0.135. The van der Waals surface area contributed by atoms with Gasteiger partial charge in [0.25, 0.3) is 0 Å². The van der Waals surface area contributed by atoms with Gasteiger partial charge < -0.3 is 15.3 Å². The molecule has 0 radical (unpaired) electrons. The second-order valence-electron chi connectivity index (χ2n) is 6.43. The molecule has 1 saturated carbocycles. The van der Waals surface area contributed by atoms with Crippen LogP contribution in [0.2, 0.25) is 0 Å². The first-order chi connectivity index (χ1) is 11.1. The number of amides is 1. The third-order valence-electron chi connectivity index (χ3n) is 4.76. The molecule has 0 aromatic heterocycles. The highest BCUT2D eigenvalue weighted by atomic mass is 16.4. The summed E-state index contributed by atoms with van der Waals surface area (Å²) >= 11 is 0. The maximum atomic E-state index is 12.2.